The van der Waals surface area contributed by atoms with Gasteiger partial charge in [-0.3, -0.25) is 0 Å². The summed E-state index contributed by atoms with van der Waals surface area (Å²) in [6, 6.07) is 13.5. The maximum absolute atomic E-state index is 5.92. The highest BCUT2D eigenvalue weighted by Gasteiger charge is 2.06. The summed E-state index contributed by atoms with van der Waals surface area (Å²) in [5.74, 6) is 1.50. The Labute approximate surface area is 121 Å². The number of hydrogen-bond acceptors (Lipinski definition) is 3. The summed E-state index contributed by atoms with van der Waals surface area (Å²) in [7, 11) is 0. The molecule has 0 amide bonds. The third-order valence-corrected chi connectivity index (χ3v) is 3.15. The molecule has 2 aromatic carbocycles. The summed E-state index contributed by atoms with van der Waals surface area (Å²) >= 11 is 3.45. The van der Waals surface area contributed by atoms with Crippen molar-refractivity contribution in [3.05, 3.63) is 52.5 Å². The zero-order valence-electron chi connectivity index (χ0n) is 10.7. The summed E-state index contributed by atoms with van der Waals surface area (Å²) in [6.45, 7) is 2.91. The molecular weight excluding hydrogens is 306 g/mol. The fourth-order valence-electron chi connectivity index (χ4n) is 1.73. The van der Waals surface area contributed by atoms with Crippen molar-refractivity contribution in [2.75, 3.05) is 18.9 Å². The predicted octanol–water partition coefficient (Wildman–Crippen LogP) is 3.80. The van der Waals surface area contributed by atoms with Crippen molar-refractivity contribution >= 4 is 21.6 Å². The molecule has 100 valence electrons. The summed E-state index contributed by atoms with van der Waals surface area (Å²) in [4.78, 5) is 0. The van der Waals surface area contributed by atoms with E-state index in [1.807, 2.05) is 49.4 Å². The van der Waals surface area contributed by atoms with Gasteiger partial charge in [-0.15, -0.1) is 0 Å². The summed E-state index contributed by atoms with van der Waals surface area (Å²) in [5.41, 5.74) is 7.65. The van der Waals surface area contributed by atoms with Gasteiger partial charge in [0.25, 0.3) is 0 Å². The van der Waals surface area contributed by atoms with Crippen molar-refractivity contribution in [2.24, 2.45) is 0 Å². The van der Waals surface area contributed by atoms with E-state index < -0.39 is 0 Å². The van der Waals surface area contributed by atoms with E-state index in [1.165, 1.54) is 0 Å². The van der Waals surface area contributed by atoms with Crippen molar-refractivity contribution in [1.29, 1.82) is 0 Å². The molecule has 0 saturated heterocycles. The van der Waals surface area contributed by atoms with Crippen LogP contribution < -0.4 is 15.2 Å². The molecule has 3 nitrogen and oxygen atoms in total. The SMILES string of the molecule is Cc1cc(N)c(OCCOc2ccccc2)c(Br)c1. The lowest BCUT2D eigenvalue weighted by Crippen LogP contribution is -2.10. The van der Waals surface area contributed by atoms with Gasteiger partial charge in [0.15, 0.2) is 5.75 Å². The zero-order chi connectivity index (χ0) is 13.7. The Bertz CT molecular complexity index is 520. The maximum atomic E-state index is 5.92. The van der Waals surface area contributed by atoms with Crippen LogP contribution in [-0.2, 0) is 0 Å². The van der Waals surface area contributed by atoms with Crippen LogP contribution in [0.3, 0.4) is 0 Å². The number of para-hydroxylation sites is 1. The van der Waals surface area contributed by atoms with E-state index in [1.54, 1.807) is 0 Å². The van der Waals surface area contributed by atoms with Crippen LogP contribution in [0.25, 0.3) is 0 Å². The van der Waals surface area contributed by atoms with Gasteiger partial charge >= 0.3 is 0 Å². The van der Waals surface area contributed by atoms with Gasteiger partial charge in [0.1, 0.15) is 19.0 Å². The predicted molar refractivity (Wildman–Crippen MR) is 80.7 cm³/mol. The number of rotatable bonds is 5. The molecule has 0 heterocycles. The average molecular weight is 322 g/mol. The molecule has 0 aliphatic heterocycles. The van der Waals surface area contributed by atoms with Gasteiger partial charge in [-0.2, -0.15) is 0 Å². The molecule has 2 rings (SSSR count). The van der Waals surface area contributed by atoms with E-state index in [9.17, 15) is 0 Å². The molecule has 0 unspecified atom stereocenters. The van der Waals surface area contributed by atoms with Crippen LogP contribution in [0.1, 0.15) is 5.56 Å². The molecule has 0 spiro atoms. The summed E-state index contributed by atoms with van der Waals surface area (Å²) in [5, 5.41) is 0. The Morgan fingerprint density at radius 2 is 1.74 bits per heavy atom. The number of ether oxygens (including phenoxy) is 2. The number of halogens is 1. The lowest BCUT2D eigenvalue weighted by molar-refractivity contribution is 0.217. The van der Waals surface area contributed by atoms with Gasteiger partial charge in [-0.05, 0) is 52.7 Å². The van der Waals surface area contributed by atoms with Gasteiger partial charge in [-0.25, -0.2) is 0 Å². The molecule has 2 aromatic rings. The van der Waals surface area contributed by atoms with Crippen molar-refractivity contribution in [3.63, 3.8) is 0 Å². The van der Waals surface area contributed by atoms with E-state index in [0.29, 0.717) is 24.7 Å². The lowest BCUT2D eigenvalue weighted by Gasteiger charge is -2.12. The molecule has 0 bridgehead atoms. The highest BCUT2D eigenvalue weighted by atomic mass is 79.9. The third-order valence-electron chi connectivity index (χ3n) is 2.56. The zero-order valence-corrected chi connectivity index (χ0v) is 12.3. The minimum Gasteiger partial charge on any atom is -0.490 e. The monoisotopic (exact) mass is 321 g/mol. The van der Waals surface area contributed by atoms with Gasteiger partial charge in [0, 0.05) is 0 Å². The lowest BCUT2D eigenvalue weighted by atomic mass is 10.2. The van der Waals surface area contributed by atoms with Crippen molar-refractivity contribution in [1.82, 2.24) is 0 Å². The molecular formula is C15H16BrNO2. The quantitative estimate of drug-likeness (QED) is 0.673. The number of hydrogen-bond donors (Lipinski definition) is 1. The van der Waals surface area contributed by atoms with Crippen LogP contribution in [0.2, 0.25) is 0 Å². The second-order valence-electron chi connectivity index (χ2n) is 4.18. The fraction of sp³-hybridized carbons (Fsp3) is 0.200. The topological polar surface area (TPSA) is 44.5 Å². The molecule has 0 aliphatic rings. The standard InChI is InChI=1S/C15H16BrNO2/c1-11-9-13(16)15(14(17)10-11)19-8-7-18-12-5-3-2-4-6-12/h2-6,9-10H,7-8,17H2,1H3. The van der Waals surface area contributed by atoms with E-state index in [0.717, 1.165) is 15.8 Å². The Hall–Kier alpha value is -1.68. The Kier molecular flexibility index (Phi) is 4.68. The first-order valence-corrected chi connectivity index (χ1v) is 6.82. The number of nitrogen functional groups attached to an aromatic ring is 1. The minimum absolute atomic E-state index is 0.445. The highest BCUT2D eigenvalue weighted by Crippen LogP contribution is 2.32. The molecule has 0 fully saturated rings. The minimum atomic E-state index is 0.445. The highest BCUT2D eigenvalue weighted by molar-refractivity contribution is 9.10. The van der Waals surface area contributed by atoms with Crippen LogP contribution >= 0.6 is 15.9 Å². The van der Waals surface area contributed by atoms with Crippen LogP contribution in [-0.4, -0.2) is 13.2 Å². The second-order valence-corrected chi connectivity index (χ2v) is 5.03. The van der Waals surface area contributed by atoms with E-state index >= 15 is 0 Å². The number of aryl methyl sites for hydroxylation is 1. The molecule has 19 heavy (non-hydrogen) atoms. The normalized spacial score (nSPS) is 10.2. The molecule has 4 heteroatoms. The first-order chi connectivity index (χ1) is 9.16. The Balaban J connectivity index is 1.86. The molecule has 0 aromatic heterocycles. The summed E-state index contributed by atoms with van der Waals surface area (Å²) < 4.78 is 12.1. The molecule has 0 saturated carbocycles. The molecule has 0 atom stereocenters. The fourth-order valence-corrected chi connectivity index (χ4v) is 2.43. The van der Waals surface area contributed by atoms with Gasteiger partial charge in [-0.1, -0.05) is 18.2 Å². The Morgan fingerprint density at radius 3 is 2.42 bits per heavy atom. The van der Waals surface area contributed by atoms with Crippen molar-refractivity contribution < 1.29 is 9.47 Å². The number of benzene rings is 2. The first kappa shape index (κ1) is 13.7. The van der Waals surface area contributed by atoms with Gasteiger partial charge in [0.05, 0.1) is 10.2 Å². The Morgan fingerprint density at radius 1 is 1.05 bits per heavy atom. The largest absolute Gasteiger partial charge is 0.490 e. The second kappa shape index (κ2) is 6.48. The van der Waals surface area contributed by atoms with Crippen LogP contribution in [0.5, 0.6) is 11.5 Å². The molecule has 0 aliphatic carbocycles. The van der Waals surface area contributed by atoms with E-state index in [-0.39, 0.29) is 0 Å². The van der Waals surface area contributed by atoms with Crippen molar-refractivity contribution in [3.8, 4) is 11.5 Å². The van der Waals surface area contributed by atoms with Crippen LogP contribution in [0.4, 0.5) is 5.69 Å². The van der Waals surface area contributed by atoms with Crippen molar-refractivity contribution in [2.45, 2.75) is 6.92 Å². The van der Waals surface area contributed by atoms with Gasteiger partial charge in [0.2, 0.25) is 0 Å². The smallest absolute Gasteiger partial charge is 0.156 e. The maximum Gasteiger partial charge on any atom is 0.156 e. The average Bonchev–Trinajstić information content (AvgIpc) is 2.38. The molecule has 0 radical (unpaired) electrons. The summed E-state index contributed by atoms with van der Waals surface area (Å²) in [6.07, 6.45) is 0. The number of nitrogens with two attached hydrogens (primary N) is 1. The van der Waals surface area contributed by atoms with Gasteiger partial charge < -0.3 is 15.2 Å². The van der Waals surface area contributed by atoms with Crippen LogP contribution in [0, 0.1) is 6.92 Å². The molecule has 2 N–H and O–H groups in total. The first-order valence-electron chi connectivity index (χ1n) is 6.03. The van der Waals surface area contributed by atoms with Crippen LogP contribution in [0.15, 0.2) is 46.9 Å². The number of anilines is 1. The van der Waals surface area contributed by atoms with E-state index in [4.69, 9.17) is 15.2 Å². The third kappa shape index (κ3) is 3.89. The van der Waals surface area contributed by atoms with E-state index in [2.05, 4.69) is 15.9 Å².